The predicted octanol–water partition coefficient (Wildman–Crippen LogP) is 5.64. The molecule has 1 unspecified atom stereocenters. The Kier molecular flexibility index (Phi) is 4.41. The van der Waals surface area contributed by atoms with Crippen LogP contribution in [0.3, 0.4) is 0 Å². The molecule has 126 valence electrons. The topological polar surface area (TPSA) is 29.1 Å². The molecule has 3 aromatic rings. The first-order valence-electron chi connectivity index (χ1n) is 8.82. The van der Waals surface area contributed by atoms with E-state index in [1.165, 1.54) is 22.3 Å². The second-order valence-corrected chi connectivity index (χ2v) is 7.34. The van der Waals surface area contributed by atoms with Crippen LogP contribution in [-0.4, -0.2) is 5.91 Å². The maximum Gasteiger partial charge on any atom is 0.256 e. The third-order valence-corrected chi connectivity index (χ3v) is 6.01. The molecule has 1 atom stereocenters. The van der Waals surface area contributed by atoms with Gasteiger partial charge in [-0.15, -0.1) is 11.3 Å². The summed E-state index contributed by atoms with van der Waals surface area (Å²) in [4.78, 5) is 12.5. The van der Waals surface area contributed by atoms with Gasteiger partial charge in [-0.2, -0.15) is 0 Å². The van der Waals surface area contributed by atoms with Gasteiger partial charge in [0.25, 0.3) is 5.91 Å². The van der Waals surface area contributed by atoms with Crippen molar-refractivity contribution in [1.29, 1.82) is 0 Å². The van der Waals surface area contributed by atoms with Gasteiger partial charge < -0.3 is 5.32 Å². The fourth-order valence-corrected chi connectivity index (χ4v) is 4.91. The van der Waals surface area contributed by atoms with Gasteiger partial charge in [0.05, 0.1) is 5.00 Å². The van der Waals surface area contributed by atoms with Gasteiger partial charge in [-0.25, -0.2) is 0 Å². The summed E-state index contributed by atoms with van der Waals surface area (Å²) in [6.45, 7) is 2.17. The van der Waals surface area contributed by atoms with E-state index < -0.39 is 0 Å². The molecule has 0 spiro atoms. The number of thiophene rings is 1. The monoisotopic (exact) mass is 347 g/mol. The van der Waals surface area contributed by atoms with Gasteiger partial charge in [0.15, 0.2) is 0 Å². The van der Waals surface area contributed by atoms with Crippen LogP contribution in [0.15, 0.2) is 60.0 Å². The summed E-state index contributed by atoms with van der Waals surface area (Å²) in [5, 5.41) is 6.36. The van der Waals surface area contributed by atoms with Gasteiger partial charge in [0.2, 0.25) is 0 Å². The molecule has 4 rings (SSSR count). The largest absolute Gasteiger partial charge is 0.313 e. The number of hydrogen-bond donors (Lipinski definition) is 1. The number of benzene rings is 2. The molecule has 0 saturated carbocycles. The van der Waals surface area contributed by atoms with E-state index in [0.717, 1.165) is 24.3 Å². The van der Waals surface area contributed by atoms with E-state index in [1.54, 1.807) is 11.3 Å². The Hall–Kier alpha value is -2.39. The number of amides is 1. The average Bonchev–Trinajstić information content (AvgIpc) is 3.25. The molecule has 0 saturated heterocycles. The van der Waals surface area contributed by atoms with Crippen LogP contribution in [-0.2, 0) is 12.8 Å². The second-order valence-electron chi connectivity index (χ2n) is 6.46. The summed E-state index contributed by atoms with van der Waals surface area (Å²) in [7, 11) is 0. The van der Waals surface area contributed by atoms with Gasteiger partial charge in [-0.1, -0.05) is 49.4 Å². The summed E-state index contributed by atoms with van der Waals surface area (Å²) in [5.41, 5.74) is 6.30. The van der Waals surface area contributed by atoms with Crippen LogP contribution >= 0.6 is 11.3 Å². The van der Waals surface area contributed by atoms with Crippen molar-refractivity contribution in [1.82, 2.24) is 0 Å². The lowest BCUT2D eigenvalue weighted by Gasteiger charge is -2.14. The molecule has 0 aliphatic heterocycles. The molecule has 2 aromatic carbocycles. The minimum atomic E-state index is -0.0319. The number of nitrogens with one attached hydrogen (secondary N) is 1. The highest BCUT2D eigenvalue weighted by molar-refractivity contribution is 7.14. The number of rotatable bonds is 4. The van der Waals surface area contributed by atoms with E-state index >= 15 is 0 Å². The van der Waals surface area contributed by atoms with Gasteiger partial charge >= 0.3 is 0 Å². The summed E-state index contributed by atoms with van der Waals surface area (Å²) >= 11 is 1.65. The molecule has 25 heavy (non-hydrogen) atoms. The van der Waals surface area contributed by atoms with Crippen molar-refractivity contribution in [2.45, 2.75) is 32.1 Å². The fraction of sp³-hybridized carbons (Fsp3) is 0.227. The third-order valence-electron chi connectivity index (χ3n) is 5.05. The quantitative estimate of drug-likeness (QED) is 0.650. The molecular weight excluding hydrogens is 326 g/mol. The van der Waals surface area contributed by atoms with Gasteiger partial charge in [-0.3, -0.25) is 4.79 Å². The summed E-state index contributed by atoms with van der Waals surface area (Å²) in [6.07, 6.45) is 3.24. The van der Waals surface area contributed by atoms with Gasteiger partial charge in [0, 0.05) is 11.5 Å². The molecule has 1 aliphatic rings. The highest BCUT2D eigenvalue weighted by Crippen LogP contribution is 2.43. The maximum atomic E-state index is 12.5. The molecule has 2 nitrogen and oxygen atoms in total. The van der Waals surface area contributed by atoms with Crippen molar-refractivity contribution < 1.29 is 4.79 Å². The van der Waals surface area contributed by atoms with E-state index in [2.05, 4.69) is 41.9 Å². The molecule has 1 aliphatic carbocycles. The van der Waals surface area contributed by atoms with Crippen LogP contribution in [0.4, 0.5) is 5.00 Å². The average molecular weight is 347 g/mol. The van der Waals surface area contributed by atoms with Crippen molar-refractivity contribution >= 4 is 22.2 Å². The standard InChI is InChI=1S/C22H21NOS/c1-2-17-20(19-13-12-15-8-6-7-11-18(15)19)14-25-22(17)23-21(24)16-9-4-3-5-10-16/h3-11,14,19H,2,12-13H2,1H3,(H,23,24). The van der Waals surface area contributed by atoms with Crippen molar-refractivity contribution in [3.63, 3.8) is 0 Å². The first-order chi connectivity index (χ1) is 12.3. The molecule has 0 bridgehead atoms. The molecular formula is C22H21NOS. The molecule has 1 aromatic heterocycles. The van der Waals surface area contributed by atoms with E-state index in [1.807, 2.05) is 30.3 Å². The van der Waals surface area contributed by atoms with E-state index in [-0.39, 0.29) is 5.91 Å². The number of carbonyl (C=O) groups excluding carboxylic acids is 1. The Morgan fingerprint density at radius 1 is 1.08 bits per heavy atom. The summed E-state index contributed by atoms with van der Waals surface area (Å²) < 4.78 is 0. The van der Waals surface area contributed by atoms with Crippen LogP contribution in [0.5, 0.6) is 0 Å². The lowest BCUT2D eigenvalue weighted by atomic mass is 9.91. The fourth-order valence-electron chi connectivity index (χ4n) is 3.80. The predicted molar refractivity (Wildman–Crippen MR) is 105 cm³/mol. The number of hydrogen-bond acceptors (Lipinski definition) is 2. The first-order valence-corrected chi connectivity index (χ1v) is 9.70. The van der Waals surface area contributed by atoms with Crippen LogP contribution in [0.2, 0.25) is 0 Å². The van der Waals surface area contributed by atoms with Crippen molar-refractivity contribution in [2.75, 3.05) is 5.32 Å². The summed E-state index contributed by atoms with van der Waals surface area (Å²) in [5.74, 6) is 0.431. The Morgan fingerprint density at radius 2 is 1.84 bits per heavy atom. The first kappa shape index (κ1) is 16.1. The third kappa shape index (κ3) is 3.00. The van der Waals surface area contributed by atoms with Crippen molar-refractivity contribution in [2.24, 2.45) is 0 Å². The normalized spacial score (nSPS) is 15.8. The highest BCUT2D eigenvalue weighted by atomic mass is 32.1. The smallest absolute Gasteiger partial charge is 0.256 e. The zero-order chi connectivity index (χ0) is 17.2. The summed E-state index contributed by atoms with van der Waals surface area (Å²) in [6, 6.07) is 18.2. The van der Waals surface area contributed by atoms with Crippen LogP contribution in [0.25, 0.3) is 0 Å². The zero-order valence-electron chi connectivity index (χ0n) is 14.3. The highest BCUT2D eigenvalue weighted by Gasteiger charge is 2.27. The van der Waals surface area contributed by atoms with Crippen molar-refractivity contribution in [3.05, 3.63) is 87.8 Å². The van der Waals surface area contributed by atoms with E-state index in [0.29, 0.717) is 11.5 Å². The SMILES string of the molecule is CCc1c(C2CCc3ccccc32)csc1NC(=O)c1ccccc1. The lowest BCUT2D eigenvalue weighted by molar-refractivity contribution is 0.102. The zero-order valence-corrected chi connectivity index (χ0v) is 15.1. The van der Waals surface area contributed by atoms with Crippen LogP contribution < -0.4 is 5.32 Å². The van der Waals surface area contributed by atoms with Gasteiger partial charge in [0.1, 0.15) is 0 Å². The van der Waals surface area contributed by atoms with Gasteiger partial charge in [-0.05, 0) is 59.0 Å². The van der Waals surface area contributed by atoms with E-state index in [4.69, 9.17) is 0 Å². The van der Waals surface area contributed by atoms with Crippen LogP contribution in [0.1, 0.15) is 51.9 Å². The molecule has 1 amide bonds. The Bertz CT molecular complexity index is 897. The Morgan fingerprint density at radius 3 is 2.64 bits per heavy atom. The second kappa shape index (κ2) is 6.85. The molecule has 1 N–H and O–H groups in total. The van der Waals surface area contributed by atoms with Crippen LogP contribution in [0, 0.1) is 0 Å². The van der Waals surface area contributed by atoms with Crippen molar-refractivity contribution in [3.8, 4) is 0 Å². The Labute approximate surface area is 152 Å². The lowest BCUT2D eigenvalue weighted by Crippen LogP contribution is -2.12. The maximum absolute atomic E-state index is 12.5. The number of fused-ring (bicyclic) bond motifs is 1. The Balaban J connectivity index is 1.63. The molecule has 0 fully saturated rings. The number of carbonyl (C=O) groups is 1. The molecule has 1 heterocycles. The molecule has 3 heteroatoms. The minimum Gasteiger partial charge on any atom is -0.313 e. The number of anilines is 1. The number of aryl methyl sites for hydroxylation is 1. The molecule has 0 radical (unpaired) electrons. The van der Waals surface area contributed by atoms with E-state index in [9.17, 15) is 4.79 Å². The minimum absolute atomic E-state index is 0.0319.